The maximum atomic E-state index is 8.62. The van der Waals surface area contributed by atoms with Crippen LogP contribution in [0.1, 0.15) is 44.6 Å². The molecule has 0 bridgehead atoms. The molecule has 1 heterocycles. The van der Waals surface area contributed by atoms with E-state index in [1.54, 1.807) is 0 Å². The second-order valence-electron chi connectivity index (χ2n) is 3.83. The molecule has 0 N–H and O–H groups in total. The fourth-order valence-electron chi connectivity index (χ4n) is 1.73. The molecule has 0 spiro atoms. The first kappa shape index (κ1) is 13.1. The van der Waals surface area contributed by atoms with Crippen molar-refractivity contribution in [2.75, 3.05) is 0 Å². The van der Waals surface area contributed by atoms with Gasteiger partial charge in [0.25, 0.3) is 0 Å². The highest BCUT2D eigenvalue weighted by Crippen LogP contribution is 2.21. The van der Waals surface area contributed by atoms with Gasteiger partial charge in [0.2, 0.25) is 0 Å². The van der Waals surface area contributed by atoms with Crippen LogP contribution in [-0.2, 0) is 19.4 Å². The summed E-state index contributed by atoms with van der Waals surface area (Å²) in [5.74, 6) is 1.02. The Bertz CT molecular complexity index is 376. The zero-order valence-electron chi connectivity index (χ0n) is 9.96. The van der Waals surface area contributed by atoms with Crippen molar-refractivity contribution in [3.63, 3.8) is 0 Å². The van der Waals surface area contributed by atoms with Crippen molar-refractivity contribution >= 4 is 11.6 Å². The second-order valence-corrected chi connectivity index (χ2v) is 4.18. The van der Waals surface area contributed by atoms with E-state index in [1.807, 2.05) is 4.57 Å². The van der Waals surface area contributed by atoms with Crippen molar-refractivity contribution in [3.05, 3.63) is 16.7 Å². The highest BCUT2D eigenvalue weighted by molar-refractivity contribution is 6.30. The Morgan fingerprint density at radius 3 is 2.56 bits per heavy atom. The van der Waals surface area contributed by atoms with Crippen LogP contribution in [0, 0.1) is 11.3 Å². The number of hydrogen-bond donors (Lipinski definition) is 0. The zero-order valence-corrected chi connectivity index (χ0v) is 10.7. The summed E-state index contributed by atoms with van der Waals surface area (Å²) < 4.78 is 1.99. The maximum absolute atomic E-state index is 8.62. The van der Waals surface area contributed by atoms with Gasteiger partial charge in [0.1, 0.15) is 11.0 Å². The fourth-order valence-corrected chi connectivity index (χ4v) is 2.05. The number of rotatable bonds is 6. The molecule has 0 saturated heterocycles. The molecule has 0 aliphatic heterocycles. The molecule has 16 heavy (non-hydrogen) atoms. The number of aromatic nitrogens is 2. The minimum absolute atomic E-state index is 0.484. The van der Waals surface area contributed by atoms with Gasteiger partial charge in [-0.2, -0.15) is 5.26 Å². The molecule has 0 aliphatic carbocycles. The Morgan fingerprint density at radius 2 is 2.00 bits per heavy atom. The zero-order chi connectivity index (χ0) is 12.0. The topological polar surface area (TPSA) is 41.6 Å². The van der Waals surface area contributed by atoms with Gasteiger partial charge < -0.3 is 4.57 Å². The van der Waals surface area contributed by atoms with E-state index in [4.69, 9.17) is 16.9 Å². The van der Waals surface area contributed by atoms with Crippen molar-refractivity contribution in [1.29, 1.82) is 5.26 Å². The summed E-state index contributed by atoms with van der Waals surface area (Å²) in [7, 11) is 0. The van der Waals surface area contributed by atoms with Crippen LogP contribution in [0.5, 0.6) is 0 Å². The van der Waals surface area contributed by atoms with Crippen molar-refractivity contribution in [2.45, 2.75) is 52.5 Å². The van der Waals surface area contributed by atoms with E-state index < -0.39 is 0 Å². The van der Waals surface area contributed by atoms with Crippen LogP contribution in [0.2, 0.25) is 5.15 Å². The third-order valence-corrected chi connectivity index (χ3v) is 2.88. The van der Waals surface area contributed by atoms with E-state index in [2.05, 4.69) is 24.9 Å². The molecule has 4 heteroatoms. The van der Waals surface area contributed by atoms with E-state index in [-0.39, 0.29) is 0 Å². The lowest BCUT2D eigenvalue weighted by Crippen LogP contribution is -2.03. The van der Waals surface area contributed by atoms with Crippen LogP contribution in [0.4, 0.5) is 0 Å². The van der Waals surface area contributed by atoms with Crippen LogP contribution in [-0.4, -0.2) is 9.55 Å². The summed E-state index contributed by atoms with van der Waals surface area (Å²) in [6, 6.07) is 2.15. The second kappa shape index (κ2) is 6.55. The lowest BCUT2D eigenvalue weighted by molar-refractivity contribution is 0.655. The molecule has 0 fully saturated rings. The molecule has 0 amide bonds. The Hall–Kier alpha value is -1.01. The summed E-state index contributed by atoms with van der Waals surface area (Å²) in [5, 5.41) is 9.35. The number of halogens is 1. The molecule has 0 atom stereocenters. The van der Waals surface area contributed by atoms with E-state index in [9.17, 15) is 0 Å². The van der Waals surface area contributed by atoms with Gasteiger partial charge in [-0.3, -0.25) is 0 Å². The summed E-state index contributed by atoms with van der Waals surface area (Å²) >= 11 is 6.27. The average molecular weight is 240 g/mol. The molecule has 3 nitrogen and oxygen atoms in total. The number of nitrogens with zero attached hydrogens (tertiary/aromatic N) is 3. The third kappa shape index (κ3) is 2.99. The van der Waals surface area contributed by atoms with Gasteiger partial charge in [0, 0.05) is 13.0 Å². The molecule has 0 radical (unpaired) electrons. The Morgan fingerprint density at radius 1 is 1.31 bits per heavy atom. The predicted octanol–water partition coefficient (Wildman–Crippen LogP) is 3.36. The van der Waals surface area contributed by atoms with Crippen molar-refractivity contribution in [2.24, 2.45) is 0 Å². The highest BCUT2D eigenvalue weighted by Gasteiger charge is 2.13. The SMILES string of the molecule is CCCc1nc(CCC)n(CCC#N)c1Cl. The largest absolute Gasteiger partial charge is 0.318 e. The number of nitriles is 1. The first-order valence-electron chi connectivity index (χ1n) is 5.85. The van der Waals surface area contributed by atoms with E-state index >= 15 is 0 Å². The summed E-state index contributed by atoms with van der Waals surface area (Å²) in [5.41, 5.74) is 0.977. The first-order valence-corrected chi connectivity index (χ1v) is 6.23. The Labute approximate surface area is 102 Å². The quantitative estimate of drug-likeness (QED) is 0.764. The maximum Gasteiger partial charge on any atom is 0.132 e. The molecule has 1 aromatic heterocycles. The van der Waals surface area contributed by atoms with Crippen LogP contribution in [0.15, 0.2) is 0 Å². The lowest BCUT2D eigenvalue weighted by atomic mass is 10.3. The molecule has 0 saturated carbocycles. The smallest absolute Gasteiger partial charge is 0.132 e. The average Bonchev–Trinajstić information content (AvgIpc) is 2.55. The minimum atomic E-state index is 0.484. The van der Waals surface area contributed by atoms with Crippen molar-refractivity contribution in [3.8, 4) is 6.07 Å². The fraction of sp³-hybridized carbons (Fsp3) is 0.667. The Balaban J connectivity index is 2.95. The summed E-state index contributed by atoms with van der Waals surface area (Å²) in [6.07, 6.45) is 4.41. The van der Waals surface area contributed by atoms with Gasteiger partial charge >= 0.3 is 0 Å². The molecular weight excluding hydrogens is 222 g/mol. The van der Waals surface area contributed by atoms with E-state index in [0.717, 1.165) is 42.4 Å². The number of aryl methyl sites for hydroxylation is 2. The monoisotopic (exact) mass is 239 g/mol. The third-order valence-electron chi connectivity index (χ3n) is 2.46. The van der Waals surface area contributed by atoms with Gasteiger partial charge in [-0.25, -0.2) is 4.98 Å². The standard InChI is InChI=1S/C12H18ClN3/c1-3-6-10-12(13)16(9-5-8-14)11(15-10)7-4-2/h3-7,9H2,1-2H3. The number of imidazole rings is 1. The van der Waals surface area contributed by atoms with Gasteiger partial charge in [-0.15, -0.1) is 0 Å². The van der Waals surface area contributed by atoms with E-state index in [0.29, 0.717) is 13.0 Å². The lowest BCUT2D eigenvalue weighted by Gasteiger charge is -2.05. The van der Waals surface area contributed by atoms with Gasteiger partial charge in [-0.1, -0.05) is 31.9 Å². The summed E-state index contributed by atoms with van der Waals surface area (Å²) in [4.78, 5) is 4.56. The van der Waals surface area contributed by atoms with E-state index in [1.165, 1.54) is 0 Å². The number of hydrogen-bond acceptors (Lipinski definition) is 2. The molecule has 88 valence electrons. The molecule has 0 unspecified atom stereocenters. The summed E-state index contributed by atoms with van der Waals surface area (Å²) in [6.45, 7) is 4.89. The highest BCUT2D eigenvalue weighted by atomic mass is 35.5. The van der Waals surface area contributed by atoms with Crippen LogP contribution >= 0.6 is 11.6 Å². The van der Waals surface area contributed by atoms with Crippen molar-refractivity contribution in [1.82, 2.24) is 9.55 Å². The normalized spacial score (nSPS) is 10.4. The molecule has 1 aromatic rings. The van der Waals surface area contributed by atoms with Gasteiger partial charge in [0.15, 0.2) is 0 Å². The predicted molar refractivity (Wildman–Crippen MR) is 65.5 cm³/mol. The molecule has 1 rings (SSSR count). The molecule has 0 aliphatic rings. The van der Waals surface area contributed by atoms with Gasteiger partial charge in [0.05, 0.1) is 18.2 Å². The van der Waals surface area contributed by atoms with Crippen LogP contribution in [0.3, 0.4) is 0 Å². The molecular formula is C12H18ClN3. The molecule has 0 aromatic carbocycles. The Kier molecular flexibility index (Phi) is 5.34. The first-order chi connectivity index (χ1) is 7.74. The van der Waals surface area contributed by atoms with Crippen LogP contribution in [0.25, 0.3) is 0 Å². The van der Waals surface area contributed by atoms with Gasteiger partial charge in [-0.05, 0) is 12.8 Å². The minimum Gasteiger partial charge on any atom is -0.318 e. The van der Waals surface area contributed by atoms with Crippen LogP contribution < -0.4 is 0 Å². The van der Waals surface area contributed by atoms with Crippen molar-refractivity contribution < 1.29 is 0 Å².